The van der Waals surface area contributed by atoms with Crippen molar-refractivity contribution >= 4 is 17.1 Å². The van der Waals surface area contributed by atoms with E-state index in [4.69, 9.17) is 9.84 Å². The third kappa shape index (κ3) is 3.10. The Hall–Kier alpha value is -2.10. The Morgan fingerprint density at radius 2 is 1.92 bits per heavy atom. The summed E-state index contributed by atoms with van der Waals surface area (Å²) in [6.45, 7) is -0.531. The van der Waals surface area contributed by atoms with E-state index in [1.807, 2.05) is 0 Å². The molecule has 3 unspecified atom stereocenters. The number of aliphatic imine (C=N–C) groups is 1. The summed E-state index contributed by atoms with van der Waals surface area (Å²) in [6.07, 6.45) is -3.98. The molecule has 2 heterocycles. The second-order valence-electron chi connectivity index (χ2n) is 5.58. The molecule has 24 heavy (non-hydrogen) atoms. The van der Waals surface area contributed by atoms with Crippen LogP contribution < -0.4 is 0 Å². The molecule has 8 nitrogen and oxygen atoms in total. The molecule has 128 valence electrons. The second-order valence-corrected chi connectivity index (χ2v) is 5.58. The minimum Gasteiger partial charge on any atom is -0.506 e. The highest BCUT2D eigenvalue weighted by Gasteiger charge is 2.43. The average molecular weight is 334 g/mol. The predicted octanol–water partition coefficient (Wildman–Crippen LogP) is -0.841. The SMILES string of the molecule is OCC1OC(O)C(/N=C/c2ccc3cccc(O)c3n2)[C@@H](O)[C@@H]1O. The number of ether oxygens (including phenoxy) is 1. The summed E-state index contributed by atoms with van der Waals surface area (Å²) in [4.78, 5) is 8.29. The van der Waals surface area contributed by atoms with E-state index >= 15 is 0 Å². The molecular weight excluding hydrogens is 316 g/mol. The molecule has 0 bridgehead atoms. The largest absolute Gasteiger partial charge is 0.506 e. The van der Waals surface area contributed by atoms with Crippen LogP contribution in [0.15, 0.2) is 35.3 Å². The fourth-order valence-corrected chi connectivity index (χ4v) is 2.62. The van der Waals surface area contributed by atoms with E-state index in [1.165, 1.54) is 12.3 Å². The van der Waals surface area contributed by atoms with Crippen molar-refractivity contribution in [3.8, 4) is 5.75 Å². The molecule has 5 atom stereocenters. The summed E-state index contributed by atoms with van der Waals surface area (Å²) in [7, 11) is 0. The van der Waals surface area contributed by atoms with Gasteiger partial charge in [0.1, 0.15) is 35.6 Å². The molecule has 0 aliphatic carbocycles. The van der Waals surface area contributed by atoms with E-state index in [9.17, 15) is 20.4 Å². The first-order chi connectivity index (χ1) is 11.5. The van der Waals surface area contributed by atoms with Crippen molar-refractivity contribution in [2.75, 3.05) is 6.61 Å². The summed E-state index contributed by atoms with van der Waals surface area (Å²) in [5.74, 6) is 0.0324. The first-order valence-electron chi connectivity index (χ1n) is 7.43. The van der Waals surface area contributed by atoms with Gasteiger partial charge in [-0.1, -0.05) is 18.2 Å². The number of nitrogens with zero attached hydrogens (tertiary/aromatic N) is 2. The summed E-state index contributed by atoms with van der Waals surface area (Å²) < 4.78 is 5.03. The zero-order valence-corrected chi connectivity index (χ0v) is 12.6. The van der Waals surface area contributed by atoms with Crippen molar-refractivity contribution in [3.05, 3.63) is 36.0 Å². The minimum atomic E-state index is -1.47. The Morgan fingerprint density at radius 1 is 1.12 bits per heavy atom. The molecular formula is C16H18N2O6. The Balaban J connectivity index is 1.83. The summed E-state index contributed by atoms with van der Waals surface area (Å²) in [5.41, 5.74) is 0.810. The zero-order chi connectivity index (χ0) is 17.3. The van der Waals surface area contributed by atoms with E-state index in [1.54, 1.807) is 24.3 Å². The molecule has 8 heteroatoms. The molecule has 0 spiro atoms. The first kappa shape index (κ1) is 16.7. The number of aliphatic hydroxyl groups is 4. The lowest BCUT2D eigenvalue weighted by Crippen LogP contribution is -2.57. The van der Waals surface area contributed by atoms with Crippen LogP contribution in [0.1, 0.15) is 5.69 Å². The molecule has 0 amide bonds. The van der Waals surface area contributed by atoms with Crippen LogP contribution in [-0.4, -0.2) is 74.0 Å². The van der Waals surface area contributed by atoms with Crippen molar-refractivity contribution in [2.24, 2.45) is 4.99 Å². The van der Waals surface area contributed by atoms with Crippen LogP contribution in [0.5, 0.6) is 5.75 Å². The van der Waals surface area contributed by atoms with Gasteiger partial charge in [-0.15, -0.1) is 0 Å². The van der Waals surface area contributed by atoms with Crippen molar-refractivity contribution in [1.82, 2.24) is 4.98 Å². The van der Waals surface area contributed by atoms with Gasteiger partial charge in [-0.3, -0.25) is 4.99 Å². The highest BCUT2D eigenvalue weighted by Crippen LogP contribution is 2.23. The van der Waals surface area contributed by atoms with Gasteiger partial charge in [-0.2, -0.15) is 0 Å². The van der Waals surface area contributed by atoms with E-state index in [-0.39, 0.29) is 5.75 Å². The van der Waals surface area contributed by atoms with Gasteiger partial charge in [-0.25, -0.2) is 4.98 Å². The molecule has 1 aromatic heterocycles. The third-order valence-electron chi connectivity index (χ3n) is 3.97. The van der Waals surface area contributed by atoms with Crippen LogP contribution in [0.4, 0.5) is 0 Å². The Morgan fingerprint density at radius 3 is 2.67 bits per heavy atom. The van der Waals surface area contributed by atoms with E-state index in [0.717, 1.165) is 5.39 Å². The standard InChI is InChI=1S/C16H18N2O6/c19-7-11-14(21)15(22)13(16(23)24-11)17-6-9-5-4-8-2-1-3-10(20)12(8)18-9/h1-6,11,13-16,19-23H,7H2/b17-6+/t11?,13?,14-,15-,16?/m1/s1. The fraction of sp³-hybridized carbons (Fsp3) is 0.375. The lowest BCUT2D eigenvalue weighted by atomic mass is 9.97. The number of rotatable bonds is 3. The number of para-hydroxylation sites is 1. The molecule has 2 aromatic rings. The van der Waals surface area contributed by atoms with Crippen molar-refractivity contribution in [2.45, 2.75) is 30.6 Å². The number of phenols is 1. The zero-order valence-electron chi connectivity index (χ0n) is 12.6. The number of hydrogen-bond donors (Lipinski definition) is 5. The molecule has 1 aromatic carbocycles. The molecule has 0 radical (unpaired) electrons. The number of aliphatic hydroxyl groups excluding tert-OH is 4. The highest BCUT2D eigenvalue weighted by atomic mass is 16.6. The molecule has 1 aliphatic rings. The van der Waals surface area contributed by atoms with Gasteiger partial charge in [0.05, 0.1) is 12.3 Å². The monoisotopic (exact) mass is 334 g/mol. The van der Waals surface area contributed by atoms with E-state index < -0.39 is 37.3 Å². The van der Waals surface area contributed by atoms with Gasteiger partial charge in [0.2, 0.25) is 0 Å². The van der Waals surface area contributed by atoms with Crippen LogP contribution in [0.2, 0.25) is 0 Å². The molecule has 0 saturated carbocycles. The van der Waals surface area contributed by atoms with Gasteiger partial charge in [0.25, 0.3) is 0 Å². The Kier molecular flexibility index (Phi) is 4.74. The second kappa shape index (κ2) is 6.80. The van der Waals surface area contributed by atoms with Crippen LogP contribution in [0.3, 0.4) is 0 Å². The highest BCUT2D eigenvalue weighted by molar-refractivity contribution is 5.88. The van der Waals surface area contributed by atoms with Gasteiger partial charge in [0, 0.05) is 11.6 Å². The Bertz CT molecular complexity index is 752. The third-order valence-corrected chi connectivity index (χ3v) is 3.97. The smallest absolute Gasteiger partial charge is 0.180 e. The van der Waals surface area contributed by atoms with Crippen molar-refractivity contribution in [1.29, 1.82) is 0 Å². The maximum atomic E-state index is 10.0. The summed E-state index contributed by atoms with van der Waals surface area (Å²) in [6, 6.07) is 7.33. The molecule has 1 aliphatic heterocycles. The number of hydrogen-bond acceptors (Lipinski definition) is 8. The Labute approximate surface area is 137 Å². The van der Waals surface area contributed by atoms with Crippen molar-refractivity contribution < 1.29 is 30.3 Å². The topological polar surface area (TPSA) is 136 Å². The normalized spacial score (nSPS) is 30.9. The van der Waals surface area contributed by atoms with Gasteiger partial charge in [-0.05, 0) is 12.1 Å². The van der Waals surface area contributed by atoms with Gasteiger partial charge >= 0.3 is 0 Å². The first-order valence-corrected chi connectivity index (χ1v) is 7.43. The minimum absolute atomic E-state index is 0.0324. The van der Waals surface area contributed by atoms with Crippen LogP contribution in [0.25, 0.3) is 10.9 Å². The quantitative estimate of drug-likeness (QED) is 0.462. The number of phenolic OH excluding ortho intramolecular Hbond substituents is 1. The van der Waals surface area contributed by atoms with Gasteiger partial charge < -0.3 is 30.3 Å². The molecule has 5 N–H and O–H groups in total. The number of fused-ring (bicyclic) bond motifs is 1. The lowest BCUT2D eigenvalue weighted by molar-refractivity contribution is -0.248. The molecule has 1 saturated heterocycles. The number of benzene rings is 1. The predicted molar refractivity (Wildman–Crippen MR) is 84.8 cm³/mol. The van der Waals surface area contributed by atoms with Crippen LogP contribution >= 0.6 is 0 Å². The molecule has 1 fully saturated rings. The van der Waals surface area contributed by atoms with Crippen LogP contribution in [-0.2, 0) is 4.74 Å². The van der Waals surface area contributed by atoms with E-state index in [0.29, 0.717) is 11.2 Å². The summed E-state index contributed by atoms with van der Waals surface area (Å²) in [5, 5.41) is 49.4. The number of aromatic nitrogens is 1. The maximum Gasteiger partial charge on any atom is 0.180 e. The van der Waals surface area contributed by atoms with Crippen LogP contribution in [0, 0.1) is 0 Å². The van der Waals surface area contributed by atoms with Crippen molar-refractivity contribution in [3.63, 3.8) is 0 Å². The average Bonchev–Trinajstić information content (AvgIpc) is 2.58. The molecule has 3 rings (SSSR count). The summed E-state index contributed by atoms with van der Waals surface area (Å²) >= 11 is 0. The lowest BCUT2D eigenvalue weighted by Gasteiger charge is -2.38. The maximum absolute atomic E-state index is 10.0. The van der Waals surface area contributed by atoms with E-state index in [2.05, 4.69) is 9.98 Å². The number of aromatic hydroxyl groups is 1. The number of pyridine rings is 1. The fourth-order valence-electron chi connectivity index (χ4n) is 2.62. The van der Waals surface area contributed by atoms with Gasteiger partial charge in [0.15, 0.2) is 6.29 Å².